The van der Waals surface area contributed by atoms with E-state index >= 15 is 0 Å². The van der Waals surface area contributed by atoms with E-state index in [1.54, 1.807) is 0 Å². The monoisotopic (exact) mass is 234 g/mol. The highest BCUT2D eigenvalue weighted by Crippen LogP contribution is 2.17. The molecular formula is C10H14N6O. The molecule has 7 nitrogen and oxygen atoms in total. The third-order valence-electron chi connectivity index (χ3n) is 2.92. The average Bonchev–Trinajstić information content (AvgIpc) is 3.09. The summed E-state index contributed by atoms with van der Waals surface area (Å²) in [6, 6.07) is 0.383. The molecule has 1 fully saturated rings. The van der Waals surface area contributed by atoms with Crippen molar-refractivity contribution in [1.82, 2.24) is 30.5 Å². The molecule has 1 aliphatic rings. The molecule has 2 aromatic rings. The van der Waals surface area contributed by atoms with Gasteiger partial charge in [-0.3, -0.25) is 0 Å². The maximum Gasteiger partial charge on any atom is 0.226 e. The van der Waals surface area contributed by atoms with Crippen molar-refractivity contribution in [2.24, 2.45) is 0 Å². The number of aromatic nitrogens is 5. The second-order valence-corrected chi connectivity index (χ2v) is 4.10. The van der Waals surface area contributed by atoms with Crippen molar-refractivity contribution in [3.63, 3.8) is 0 Å². The zero-order valence-corrected chi connectivity index (χ0v) is 9.63. The summed E-state index contributed by atoms with van der Waals surface area (Å²) in [5, 5.41) is 15.4. The summed E-state index contributed by atoms with van der Waals surface area (Å²) >= 11 is 0. The molecule has 90 valence electrons. The fourth-order valence-electron chi connectivity index (χ4n) is 1.93. The first kappa shape index (κ1) is 10.4. The van der Waals surface area contributed by atoms with Gasteiger partial charge in [0, 0.05) is 13.0 Å². The lowest BCUT2D eigenvalue weighted by molar-refractivity contribution is 0.382. The van der Waals surface area contributed by atoms with E-state index < -0.39 is 0 Å². The molecule has 7 heteroatoms. The Bertz CT molecular complexity index is 498. The van der Waals surface area contributed by atoms with Crippen molar-refractivity contribution in [2.75, 3.05) is 13.1 Å². The Hall–Kier alpha value is -1.76. The second-order valence-electron chi connectivity index (χ2n) is 4.10. The van der Waals surface area contributed by atoms with Crippen LogP contribution in [-0.2, 0) is 6.42 Å². The largest absolute Gasteiger partial charge is 0.339 e. The summed E-state index contributed by atoms with van der Waals surface area (Å²) in [6.07, 6.45) is 3.69. The number of hydrogen-bond donors (Lipinski definition) is 1. The molecule has 0 unspecified atom stereocenters. The molecule has 0 aliphatic carbocycles. The van der Waals surface area contributed by atoms with Gasteiger partial charge in [-0.2, -0.15) is 4.98 Å². The number of aryl methyl sites for hydroxylation is 1. The van der Waals surface area contributed by atoms with Crippen LogP contribution in [0, 0.1) is 0 Å². The maximum atomic E-state index is 5.05. The van der Waals surface area contributed by atoms with E-state index in [9.17, 15) is 0 Å². The fourth-order valence-corrected chi connectivity index (χ4v) is 1.93. The van der Waals surface area contributed by atoms with Crippen molar-refractivity contribution in [2.45, 2.75) is 25.8 Å². The maximum absolute atomic E-state index is 5.05. The van der Waals surface area contributed by atoms with Crippen LogP contribution in [0.5, 0.6) is 0 Å². The van der Waals surface area contributed by atoms with E-state index in [1.807, 2.05) is 17.8 Å². The van der Waals surface area contributed by atoms with Crippen LogP contribution < -0.4 is 5.32 Å². The minimum atomic E-state index is 0.383. The van der Waals surface area contributed by atoms with Gasteiger partial charge in [0.15, 0.2) is 5.69 Å². The molecule has 0 amide bonds. The summed E-state index contributed by atoms with van der Waals surface area (Å²) < 4.78 is 6.92. The molecule has 0 saturated carbocycles. The molecule has 1 aliphatic heterocycles. The lowest BCUT2D eigenvalue weighted by Crippen LogP contribution is -2.13. The summed E-state index contributed by atoms with van der Waals surface area (Å²) in [7, 11) is 0. The van der Waals surface area contributed by atoms with Crippen LogP contribution in [0.3, 0.4) is 0 Å². The van der Waals surface area contributed by atoms with Crippen LogP contribution in [-0.4, -0.2) is 38.2 Å². The van der Waals surface area contributed by atoms with Gasteiger partial charge in [-0.05, 0) is 13.0 Å². The topological polar surface area (TPSA) is 81.7 Å². The van der Waals surface area contributed by atoms with E-state index in [2.05, 4.69) is 25.8 Å². The van der Waals surface area contributed by atoms with Gasteiger partial charge < -0.3 is 9.84 Å². The van der Waals surface area contributed by atoms with Crippen molar-refractivity contribution in [3.8, 4) is 11.5 Å². The third kappa shape index (κ3) is 1.93. The second kappa shape index (κ2) is 4.25. The van der Waals surface area contributed by atoms with Crippen molar-refractivity contribution in [3.05, 3.63) is 12.1 Å². The summed E-state index contributed by atoms with van der Waals surface area (Å²) in [5.41, 5.74) is 0.667. The van der Waals surface area contributed by atoms with E-state index in [0.717, 1.165) is 25.9 Å². The number of rotatable bonds is 3. The predicted molar refractivity (Wildman–Crippen MR) is 59.2 cm³/mol. The molecule has 0 aromatic carbocycles. The smallest absolute Gasteiger partial charge is 0.226 e. The van der Waals surface area contributed by atoms with Gasteiger partial charge >= 0.3 is 0 Å². The van der Waals surface area contributed by atoms with Crippen molar-refractivity contribution in [1.29, 1.82) is 0 Å². The molecule has 2 aromatic heterocycles. The van der Waals surface area contributed by atoms with E-state index in [-0.39, 0.29) is 0 Å². The molecule has 1 atom stereocenters. The van der Waals surface area contributed by atoms with Crippen LogP contribution in [0.2, 0.25) is 0 Å². The highest BCUT2D eigenvalue weighted by molar-refractivity contribution is 5.45. The Balaban J connectivity index is 1.83. The summed E-state index contributed by atoms with van der Waals surface area (Å²) in [5.74, 6) is 1.14. The van der Waals surface area contributed by atoms with Gasteiger partial charge in [0.1, 0.15) is 0 Å². The Morgan fingerprint density at radius 2 is 2.53 bits per heavy atom. The van der Waals surface area contributed by atoms with E-state index in [0.29, 0.717) is 23.5 Å². The molecule has 17 heavy (non-hydrogen) atoms. The number of hydrogen-bond acceptors (Lipinski definition) is 6. The zero-order chi connectivity index (χ0) is 11.7. The van der Waals surface area contributed by atoms with E-state index in [4.69, 9.17) is 4.52 Å². The van der Waals surface area contributed by atoms with Crippen LogP contribution >= 0.6 is 0 Å². The number of nitrogens with one attached hydrogen (secondary N) is 1. The zero-order valence-electron chi connectivity index (χ0n) is 9.63. The van der Waals surface area contributed by atoms with Crippen molar-refractivity contribution < 1.29 is 4.52 Å². The number of nitrogens with zero attached hydrogens (tertiary/aromatic N) is 5. The normalized spacial score (nSPS) is 19.9. The minimum Gasteiger partial charge on any atom is -0.339 e. The van der Waals surface area contributed by atoms with Gasteiger partial charge in [-0.15, -0.1) is 5.10 Å². The quantitative estimate of drug-likeness (QED) is 0.829. The molecule has 3 rings (SSSR count). The Morgan fingerprint density at radius 1 is 1.59 bits per heavy atom. The summed E-state index contributed by atoms with van der Waals surface area (Å²) in [6.45, 7) is 3.94. The van der Waals surface area contributed by atoms with E-state index in [1.165, 1.54) is 0 Å². The third-order valence-corrected chi connectivity index (χ3v) is 2.92. The van der Waals surface area contributed by atoms with Gasteiger partial charge in [0.2, 0.25) is 11.7 Å². The van der Waals surface area contributed by atoms with Gasteiger partial charge in [0.05, 0.1) is 12.2 Å². The van der Waals surface area contributed by atoms with Gasteiger partial charge in [-0.1, -0.05) is 17.3 Å². The average molecular weight is 234 g/mol. The van der Waals surface area contributed by atoms with Crippen LogP contribution in [0.1, 0.15) is 25.3 Å². The Kier molecular flexibility index (Phi) is 2.60. The lowest BCUT2D eigenvalue weighted by Gasteiger charge is -2.05. The first-order valence-corrected chi connectivity index (χ1v) is 5.82. The Morgan fingerprint density at radius 3 is 3.24 bits per heavy atom. The Labute approximate surface area is 98.2 Å². The lowest BCUT2D eigenvalue weighted by atomic mass is 10.3. The van der Waals surface area contributed by atoms with Crippen LogP contribution in [0.15, 0.2) is 10.7 Å². The standard InChI is InChI=1S/C10H14N6O/c1-2-9-12-10(14-17-9)8-6-16(15-13-8)7-3-4-11-5-7/h6-7,11H,2-5H2,1H3/t7-/m0/s1. The van der Waals surface area contributed by atoms with Crippen molar-refractivity contribution >= 4 is 0 Å². The molecule has 0 radical (unpaired) electrons. The first-order valence-electron chi connectivity index (χ1n) is 5.82. The molecule has 0 spiro atoms. The summed E-state index contributed by atoms with van der Waals surface area (Å²) in [4.78, 5) is 4.23. The molecule has 0 bridgehead atoms. The molecular weight excluding hydrogens is 220 g/mol. The minimum absolute atomic E-state index is 0.383. The fraction of sp³-hybridized carbons (Fsp3) is 0.600. The molecule has 1 saturated heterocycles. The van der Waals surface area contributed by atoms with Crippen LogP contribution in [0.4, 0.5) is 0 Å². The predicted octanol–water partition coefficient (Wildman–Crippen LogP) is 0.425. The SMILES string of the molecule is CCc1nc(-c2cn([C@H]3CCNC3)nn2)no1. The first-order chi connectivity index (χ1) is 8.36. The highest BCUT2D eigenvalue weighted by atomic mass is 16.5. The van der Waals surface area contributed by atoms with Crippen LogP contribution in [0.25, 0.3) is 11.5 Å². The van der Waals surface area contributed by atoms with Gasteiger partial charge in [-0.25, -0.2) is 4.68 Å². The van der Waals surface area contributed by atoms with Gasteiger partial charge in [0.25, 0.3) is 0 Å². The molecule has 3 heterocycles. The molecule has 1 N–H and O–H groups in total. The highest BCUT2D eigenvalue weighted by Gasteiger charge is 2.19.